The normalized spacial score (nSPS) is 22.0. The lowest BCUT2D eigenvalue weighted by Gasteiger charge is -2.39. The second-order valence-corrected chi connectivity index (χ2v) is 5.63. The van der Waals surface area contributed by atoms with Crippen molar-refractivity contribution in [2.24, 2.45) is 5.41 Å². The summed E-state index contributed by atoms with van der Waals surface area (Å²) in [5.74, 6) is -1.08. The molecule has 0 radical (unpaired) electrons. The van der Waals surface area contributed by atoms with Gasteiger partial charge < -0.3 is 10.0 Å². The van der Waals surface area contributed by atoms with E-state index >= 15 is 0 Å². The van der Waals surface area contributed by atoms with Crippen molar-refractivity contribution in [2.75, 3.05) is 13.1 Å². The Hall–Kier alpha value is -2.51. The third-order valence-electron chi connectivity index (χ3n) is 4.43. The summed E-state index contributed by atoms with van der Waals surface area (Å²) in [5.41, 5.74) is -0.0229. The molecule has 0 aromatic carbocycles. The van der Waals surface area contributed by atoms with Crippen molar-refractivity contribution in [2.45, 2.75) is 26.2 Å². The lowest BCUT2D eigenvalue weighted by atomic mass is 9.77. The molecule has 1 aliphatic rings. The molecule has 1 N–H and O–H groups in total. The van der Waals surface area contributed by atoms with Crippen LogP contribution in [0, 0.1) is 5.41 Å². The number of carbonyl (C=O) groups is 2. The van der Waals surface area contributed by atoms with Gasteiger partial charge in [-0.25, -0.2) is 0 Å². The molecular formula is C14H17N5O3. The zero-order valence-corrected chi connectivity index (χ0v) is 12.3. The summed E-state index contributed by atoms with van der Waals surface area (Å²) in [6, 6.07) is 5.07. The van der Waals surface area contributed by atoms with Crippen LogP contribution in [0.3, 0.4) is 0 Å². The molecule has 22 heavy (non-hydrogen) atoms. The van der Waals surface area contributed by atoms with E-state index < -0.39 is 11.4 Å². The third kappa shape index (κ3) is 2.20. The summed E-state index contributed by atoms with van der Waals surface area (Å²) in [6.45, 7) is 2.62. The molecule has 116 valence electrons. The van der Waals surface area contributed by atoms with Gasteiger partial charge in [0.05, 0.1) is 5.41 Å². The molecule has 2 aromatic rings. The Kier molecular flexibility index (Phi) is 3.51. The Morgan fingerprint density at radius 2 is 2.23 bits per heavy atom. The number of aromatic nitrogens is 4. The third-order valence-corrected chi connectivity index (χ3v) is 4.43. The van der Waals surface area contributed by atoms with E-state index in [0.29, 0.717) is 37.1 Å². The van der Waals surface area contributed by atoms with Crippen LogP contribution in [0.1, 0.15) is 36.7 Å². The molecule has 8 nitrogen and oxygen atoms in total. The van der Waals surface area contributed by atoms with Crippen LogP contribution in [0.4, 0.5) is 0 Å². The highest BCUT2D eigenvalue weighted by Gasteiger charge is 2.42. The Morgan fingerprint density at radius 3 is 2.95 bits per heavy atom. The van der Waals surface area contributed by atoms with E-state index in [0.717, 1.165) is 0 Å². The smallest absolute Gasteiger partial charge is 0.311 e. The van der Waals surface area contributed by atoms with Gasteiger partial charge >= 0.3 is 5.97 Å². The number of rotatable bonds is 3. The maximum absolute atomic E-state index is 12.8. The fourth-order valence-corrected chi connectivity index (χ4v) is 3.01. The first-order valence-corrected chi connectivity index (χ1v) is 7.27. The summed E-state index contributed by atoms with van der Waals surface area (Å²) in [7, 11) is 0. The number of carboxylic acids is 1. The molecule has 3 rings (SSSR count). The number of aliphatic carboxylic acids is 1. The van der Waals surface area contributed by atoms with Gasteiger partial charge in [0, 0.05) is 13.1 Å². The minimum absolute atomic E-state index is 0.218. The molecule has 1 saturated heterocycles. The molecule has 0 saturated carbocycles. The number of piperidine rings is 1. The first-order chi connectivity index (χ1) is 10.6. The maximum atomic E-state index is 12.8. The van der Waals surface area contributed by atoms with Crippen molar-refractivity contribution < 1.29 is 14.7 Å². The zero-order chi connectivity index (χ0) is 15.7. The van der Waals surface area contributed by atoms with Crippen LogP contribution in [0.15, 0.2) is 18.2 Å². The first kappa shape index (κ1) is 14.4. The van der Waals surface area contributed by atoms with E-state index in [-0.39, 0.29) is 12.5 Å². The predicted octanol–water partition coefficient (Wildman–Crippen LogP) is 0.841. The van der Waals surface area contributed by atoms with Crippen molar-refractivity contribution in [3.05, 3.63) is 23.9 Å². The molecule has 1 atom stereocenters. The number of hydrogen-bond acceptors (Lipinski definition) is 5. The Morgan fingerprint density at radius 1 is 1.41 bits per heavy atom. The van der Waals surface area contributed by atoms with Gasteiger partial charge in [-0.3, -0.25) is 9.59 Å². The monoisotopic (exact) mass is 303 g/mol. The Balaban J connectivity index is 1.92. The molecule has 1 unspecified atom stereocenters. The van der Waals surface area contributed by atoms with Crippen LogP contribution in [0.25, 0.3) is 5.65 Å². The molecule has 0 aliphatic carbocycles. The summed E-state index contributed by atoms with van der Waals surface area (Å²) in [6.07, 6.45) is 1.77. The van der Waals surface area contributed by atoms with Crippen LogP contribution < -0.4 is 0 Å². The van der Waals surface area contributed by atoms with Crippen molar-refractivity contribution in [3.8, 4) is 0 Å². The first-order valence-electron chi connectivity index (χ1n) is 7.27. The molecule has 3 heterocycles. The fraction of sp³-hybridized carbons (Fsp3) is 0.500. The minimum Gasteiger partial charge on any atom is -0.481 e. The van der Waals surface area contributed by atoms with E-state index in [9.17, 15) is 14.7 Å². The van der Waals surface area contributed by atoms with E-state index in [2.05, 4.69) is 15.5 Å². The van der Waals surface area contributed by atoms with Gasteiger partial charge in [0.1, 0.15) is 5.69 Å². The van der Waals surface area contributed by atoms with Crippen molar-refractivity contribution in [1.82, 2.24) is 24.9 Å². The number of fused-ring (bicyclic) bond motifs is 1. The Labute approximate surface area is 126 Å². The lowest BCUT2D eigenvalue weighted by Crippen LogP contribution is -2.50. The SMILES string of the molecule is CCC1(C(=O)O)CCCN(C(=O)c2cccc3nnnn23)C1. The number of tetrazole rings is 1. The van der Waals surface area contributed by atoms with E-state index in [1.54, 1.807) is 23.1 Å². The number of nitrogens with zero attached hydrogens (tertiary/aromatic N) is 5. The molecule has 1 aliphatic heterocycles. The summed E-state index contributed by atoms with van der Waals surface area (Å²) < 4.78 is 1.38. The Bertz CT molecular complexity index is 728. The van der Waals surface area contributed by atoms with Gasteiger partial charge in [-0.1, -0.05) is 13.0 Å². The van der Waals surface area contributed by atoms with Crippen molar-refractivity contribution >= 4 is 17.5 Å². The van der Waals surface area contributed by atoms with Crippen LogP contribution >= 0.6 is 0 Å². The van der Waals surface area contributed by atoms with Gasteiger partial charge in [0.25, 0.3) is 5.91 Å². The van der Waals surface area contributed by atoms with Gasteiger partial charge in [0.2, 0.25) is 0 Å². The largest absolute Gasteiger partial charge is 0.481 e. The zero-order valence-electron chi connectivity index (χ0n) is 12.3. The van der Waals surface area contributed by atoms with Crippen LogP contribution in [0.2, 0.25) is 0 Å². The molecule has 1 amide bonds. The number of pyridine rings is 1. The number of likely N-dealkylation sites (tertiary alicyclic amines) is 1. The van der Waals surface area contributed by atoms with E-state index in [1.807, 2.05) is 6.92 Å². The number of carboxylic acid groups (broad SMARTS) is 1. The van der Waals surface area contributed by atoms with Crippen molar-refractivity contribution in [1.29, 1.82) is 0 Å². The van der Waals surface area contributed by atoms with Crippen molar-refractivity contribution in [3.63, 3.8) is 0 Å². The van der Waals surface area contributed by atoms with Gasteiger partial charge in [-0.05, 0) is 41.8 Å². The second kappa shape index (κ2) is 5.36. The van der Waals surface area contributed by atoms with E-state index in [1.165, 1.54) is 4.52 Å². The summed E-state index contributed by atoms with van der Waals surface area (Å²) in [4.78, 5) is 26.0. The van der Waals surface area contributed by atoms with Gasteiger partial charge in [-0.15, -0.1) is 5.10 Å². The number of amides is 1. The maximum Gasteiger partial charge on any atom is 0.311 e. The predicted molar refractivity (Wildman–Crippen MR) is 76.3 cm³/mol. The molecule has 0 spiro atoms. The highest BCUT2D eigenvalue weighted by molar-refractivity contribution is 5.93. The average Bonchev–Trinajstić information content (AvgIpc) is 3.02. The van der Waals surface area contributed by atoms with E-state index in [4.69, 9.17) is 0 Å². The van der Waals surface area contributed by atoms with Gasteiger partial charge in [-0.2, -0.15) is 4.52 Å². The molecule has 0 bridgehead atoms. The topological polar surface area (TPSA) is 101 Å². The second-order valence-electron chi connectivity index (χ2n) is 5.63. The highest BCUT2D eigenvalue weighted by Crippen LogP contribution is 2.34. The van der Waals surface area contributed by atoms with Gasteiger partial charge in [0.15, 0.2) is 5.65 Å². The molecule has 2 aromatic heterocycles. The van der Waals surface area contributed by atoms with Crippen LogP contribution in [0.5, 0.6) is 0 Å². The summed E-state index contributed by atoms with van der Waals surface area (Å²) >= 11 is 0. The lowest BCUT2D eigenvalue weighted by molar-refractivity contribution is -0.152. The number of hydrogen-bond donors (Lipinski definition) is 1. The fourth-order valence-electron chi connectivity index (χ4n) is 3.01. The molecule has 8 heteroatoms. The quantitative estimate of drug-likeness (QED) is 0.901. The summed E-state index contributed by atoms with van der Waals surface area (Å²) in [5, 5.41) is 20.7. The van der Waals surface area contributed by atoms with Crippen LogP contribution in [-0.4, -0.2) is 55.0 Å². The highest BCUT2D eigenvalue weighted by atomic mass is 16.4. The molecular weight excluding hydrogens is 286 g/mol. The van der Waals surface area contributed by atoms with Crippen LogP contribution in [-0.2, 0) is 4.79 Å². The number of carbonyl (C=O) groups excluding carboxylic acids is 1. The minimum atomic E-state index is -0.859. The molecule has 1 fully saturated rings. The standard InChI is InChI=1S/C14H17N5O3/c1-2-14(13(21)22)7-4-8-18(9-14)12(20)10-5-3-6-11-15-16-17-19(10)11/h3,5-6H,2,4,7-9H2,1H3,(H,21,22). The average molecular weight is 303 g/mol.